The molecule has 0 spiro atoms. The number of benzene rings is 2. The predicted molar refractivity (Wildman–Crippen MR) is 115 cm³/mol. The molecular weight excluding hydrogens is 413 g/mol. The van der Waals surface area contributed by atoms with Crippen LogP contribution in [0.5, 0.6) is 11.5 Å². The normalized spacial score (nSPS) is 21.5. The molecule has 0 aromatic heterocycles. The van der Waals surface area contributed by atoms with Crippen molar-refractivity contribution in [2.24, 2.45) is 11.8 Å². The van der Waals surface area contributed by atoms with Gasteiger partial charge in [-0.1, -0.05) is 0 Å². The van der Waals surface area contributed by atoms with Gasteiger partial charge in [0.05, 0.1) is 11.6 Å². The van der Waals surface area contributed by atoms with Gasteiger partial charge < -0.3 is 19.5 Å². The van der Waals surface area contributed by atoms with Crippen molar-refractivity contribution >= 4 is 6.09 Å². The standard InChI is InChI=1S/C24H26FN3O4/c25-20-3-7-23(8-4-20)32-24(30)28-13-18-9-19(14-28)12-27(11-18)15-21(29)16-31-22-5-1-17(10-26)2-6-22/h1-8,18-19,21,29H,9,11-16H2. The molecule has 2 bridgehead atoms. The highest BCUT2D eigenvalue weighted by Crippen LogP contribution is 2.29. The van der Waals surface area contributed by atoms with Gasteiger partial charge in [-0.2, -0.15) is 5.26 Å². The third-order valence-corrected chi connectivity index (χ3v) is 5.83. The van der Waals surface area contributed by atoms with Gasteiger partial charge in [-0.05, 0) is 66.8 Å². The summed E-state index contributed by atoms with van der Waals surface area (Å²) in [6.07, 6.45) is 0.00825. The number of hydrogen-bond acceptors (Lipinski definition) is 6. The van der Waals surface area contributed by atoms with Crippen LogP contribution in [0.4, 0.5) is 9.18 Å². The summed E-state index contributed by atoms with van der Waals surface area (Å²) < 4.78 is 24.1. The molecule has 0 radical (unpaired) electrons. The number of likely N-dealkylation sites (tertiary alicyclic amines) is 2. The zero-order valence-corrected chi connectivity index (χ0v) is 17.7. The molecule has 2 aromatic rings. The Bertz CT molecular complexity index is 947. The van der Waals surface area contributed by atoms with Crippen LogP contribution >= 0.6 is 0 Å². The Labute approximate surface area is 186 Å². The number of carbonyl (C=O) groups excluding carboxylic acids is 1. The number of carbonyl (C=O) groups is 1. The summed E-state index contributed by atoms with van der Waals surface area (Å²) in [6.45, 7) is 3.47. The smallest absolute Gasteiger partial charge is 0.415 e. The largest absolute Gasteiger partial charge is 0.491 e. The number of rotatable bonds is 6. The second kappa shape index (κ2) is 9.98. The minimum absolute atomic E-state index is 0.174. The molecule has 0 aliphatic carbocycles. The molecule has 2 aromatic carbocycles. The van der Waals surface area contributed by atoms with E-state index in [0.29, 0.717) is 48.5 Å². The van der Waals surface area contributed by atoms with Crippen LogP contribution in [0.3, 0.4) is 0 Å². The molecule has 4 rings (SSSR count). The number of halogens is 1. The number of nitriles is 1. The quantitative estimate of drug-likeness (QED) is 0.745. The molecule has 32 heavy (non-hydrogen) atoms. The molecule has 7 nitrogen and oxygen atoms in total. The molecule has 1 amide bonds. The Morgan fingerprint density at radius 3 is 2.31 bits per heavy atom. The van der Waals surface area contributed by atoms with Crippen molar-refractivity contribution < 1.29 is 23.8 Å². The Kier molecular flexibility index (Phi) is 6.88. The highest BCUT2D eigenvalue weighted by atomic mass is 19.1. The lowest BCUT2D eigenvalue weighted by Gasteiger charge is -2.45. The van der Waals surface area contributed by atoms with E-state index in [1.165, 1.54) is 24.3 Å². The van der Waals surface area contributed by atoms with Crippen LogP contribution in [0.25, 0.3) is 0 Å². The number of β-amino-alcohol motifs (C(OH)–C–C–N with tert-alkyl or cyclic N) is 1. The third-order valence-electron chi connectivity index (χ3n) is 5.83. The lowest BCUT2D eigenvalue weighted by Crippen LogP contribution is -2.55. The zero-order valence-electron chi connectivity index (χ0n) is 17.7. The van der Waals surface area contributed by atoms with Gasteiger partial charge in [0.15, 0.2) is 0 Å². The van der Waals surface area contributed by atoms with Gasteiger partial charge in [0.1, 0.15) is 30.0 Å². The van der Waals surface area contributed by atoms with Crippen LogP contribution in [-0.4, -0.2) is 66.4 Å². The zero-order chi connectivity index (χ0) is 22.5. The van der Waals surface area contributed by atoms with Crippen LogP contribution in [0.1, 0.15) is 12.0 Å². The molecule has 2 aliphatic heterocycles. The lowest BCUT2D eigenvalue weighted by atomic mass is 9.84. The molecular formula is C24H26FN3O4. The van der Waals surface area contributed by atoms with Crippen LogP contribution in [0.2, 0.25) is 0 Å². The summed E-state index contributed by atoms with van der Waals surface area (Å²) in [5.41, 5.74) is 0.563. The van der Waals surface area contributed by atoms with Crippen molar-refractivity contribution in [3.05, 3.63) is 59.9 Å². The summed E-state index contributed by atoms with van der Waals surface area (Å²) in [5, 5.41) is 19.3. The molecule has 2 aliphatic rings. The highest BCUT2D eigenvalue weighted by molar-refractivity contribution is 5.70. The first-order valence-electron chi connectivity index (χ1n) is 10.7. The molecule has 8 heteroatoms. The SMILES string of the molecule is N#Cc1ccc(OCC(O)CN2CC3CC(C2)CN(C(=O)Oc2ccc(F)cc2)C3)cc1. The Morgan fingerprint density at radius 1 is 1.06 bits per heavy atom. The minimum Gasteiger partial charge on any atom is -0.491 e. The van der Waals surface area contributed by atoms with Crippen molar-refractivity contribution in [2.75, 3.05) is 39.3 Å². The topological polar surface area (TPSA) is 86.0 Å². The van der Waals surface area contributed by atoms with E-state index in [4.69, 9.17) is 14.7 Å². The van der Waals surface area contributed by atoms with E-state index in [9.17, 15) is 14.3 Å². The second-order valence-electron chi connectivity index (χ2n) is 8.51. The van der Waals surface area contributed by atoms with E-state index in [2.05, 4.69) is 11.0 Å². The van der Waals surface area contributed by atoms with Crippen molar-refractivity contribution in [2.45, 2.75) is 12.5 Å². The minimum atomic E-state index is -0.635. The first-order valence-corrected chi connectivity index (χ1v) is 10.7. The monoisotopic (exact) mass is 439 g/mol. The van der Waals surface area contributed by atoms with Gasteiger partial charge in [0, 0.05) is 32.7 Å². The maximum absolute atomic E-state index is 13.0. The van der Waals surface area contributed by atoms with Crippen molar-refractivity contribution in [3.63, 3.8) is 0 Å². The van der Waals surface area contributed by atoms with E-state index < -0.39 is 12.2 Å². The Balaban J connectivity index is 1.23. The molecule has 2 saturated heterocycles. The van der Waals surface area contributed by atoms with E-state index in [-0.39, 0.29) is 12.4 Å². The maximum atomic E-state index is 13.0. The number of fused-ring (bicyclic) bond motifs is 2. The number of hydrogen-bond donors (Lipinski definition) is 1. The molecule has 1 N–H and O–H groups in total. The second-order valence-corrected chi connectivity index (χ2v) is 8.51. The van der Waals surface area contributed by atoms with E-state index in [0.717, 1.165) is 19.5 Å². The first-order chi connectivity index (χ1) is 15.5. The van der Waals surface area contributed by atoms with Gasteiger partial charge in [-0.15, -0.1) is 0 Å². The van der Waals surface area contributed by atoms with Crippen molar-refractivity contribution in [1.82, 2.24) is 9.80 Å². The summed E-state index contributed by atoms with van der Waals surface area (Å²) in [5.74, 6) is 1.21. The van der Waals surface area contributed by atoms with Gasteiger partial charge in [0.25, 0.3) is 0 Å². The van der Waals surface area contributed by atoms with Crippen LogP contribution in [0.15, 0.2) is 48.5 Å². The molecule has 168 valence electrons. The summed E-state index contributed by atoms with van der Waals surface area (Å²) in [4.78, 5) is 16.5. The number of amides is 1. The van der Waals surface area contributed by atoms with Crippen molar-refractivity contribution in [3.8, 4) is 17.6 Å². The number of aliphatic hydroxyl groups is 1. The van der Waals surface area contributed by atoms with Crippen LogP contribution < -0.4 is 9.47 Å². The van der Waals surface area contributed by atoms with E-state index >= 15 is 0 Å². The fourth-order valence-corrected chi connectivity index (χ4v) is 4.52. The van der Waals surface area contributed by atoms with Crippen LogP contribution in [-0.2, 0) is 0 Å². The number of ether oxygens (including phenoxy) is 2. The van der Waals surface area contributed by atoms with Crippen LogP contribution in [0, 0.1) is 29.0 Å². The fraction of sp³-hybridized carbons (Fsp3) is 0.417. The number of nitrogens with zero attached hydrogens (tertiary/aromatic N) is 3. The summed E-state index contributed by atoms with van der Waals surface area (Å²) in [7, 11) is 0. The first kappa shape index (κ1) is 22.1. The number of aliphatic hydroxyl groups excluding tert-OH is 1. The van der Waals surface area contributed by atoms with Gasteiger partial charge in [0.2, 0.25) is 0 Å². The average molecular weight is 439 g/mol. The van der Waals surface area contributed by atoms with Crippen molar-refractivity contribution in [1.29, 1.82) is 5.26 Å². The summed E-state index contributed by atoms with van der Waals surface area (Å²) >= 11 is 0. The van der Waals surface area contributed by atoms with Gasteiger partial charge in [-0.25, -0.2) is 9.18 Å². The Hall–Kier alpha value is -3.15. The molecule has 3 atom stereocenters. The van der Waals surface area contributed by atoms with E-state index in [1.807, 2.05) is 0 Å². The fourth-order valence-electron chi connectivity index (χ4n) is 4.52. The summed E-state index contributed by atoms with van der Waals surface area (Å²) in [6, 6.07) is 14.3. The molecule has 0 saturated carbocycles. The number of piperidine rings is 2. The third kappa shape index (κ3) is 5.75. The Morgan fingerprint density at radius 2 is 1.69 bits per heavy atom. The maximum Gasteiger partial charge on any atom is 0.415 e. The predicted octanol–water partition coefficient (Wildman–Crippen LogP) is 2.89. The van der Waals surface area contributed by atoms with E-state index in [1.54, 1.807) is 29.2 Å². The highest BCUT2D eigenvalue weighted by Gasteiger charge is 2.37. The van der Waals surface area contributed by atoms with Gasteiger partial charge in [-0.3, -0.25) is 4.90 Å². The van der Waals surface area contributed by atoms with Gasteiger partial charge >= 0.3 is 6.09 Å². The molecule has 2 fully saturated rings. The molecule has 2 heterocycles. The molecule has 3 unspecified atom stereocenters. The lowest BCUT2D eigenvalue weighted by molar-refractivity contribution is 0.00447. The average Bonchev–Trinajstić information content (AvgIpc) is 2.79.